The number of rotatable bonds is 4. The van der Waals surface area contributed by atoms with Crippen LogP contribution in [0.1, 0.15) is 20.7 Å². The maximum atomic E-state index is 11.9. The van der Waals surface area contributed by atoms with Gasteiger partial charge >= 0.3 is 11.9 Å². The van der Waals surface area contributed by atoms with Crippen molar-refractivity contribution in [3.8, 4) is 0 Å². The fourth-order valence-electron chi connectivity index (χ4n) is 1.72. The van der Waals surface area contributed by atoms with E-state index in [4.69, 9.17) is 0 Å². The number of nitro benzene ring substituents is 2. The van der Waals surface area contributed by atoms with Gasteiger partial charge in [-0.05, 0) is 18.2 Å². The standard InChI is InChI=1S/C14H8N2O7/c17-13(9-5-7-10(8-6-9)15(19)20)23-14(18)11-3-1-2-4-12(11)16(21)22/h1-8H. The van der Waals surface area contributed by atoms with Crippen LogP contribution in [-0.2, 0) is 4.74 Å². The van der Waals surface area contributed by atoms with E-state index in [0.717, 1.165) is 36.4 Å². The molecule has 0 spiro atoms. The van der Waals surface area contributed by atoms with E-state index in [1.54, 1.807) is 0 Å². The summed E-state index contributed by atoms with van der Waals surface area (Å²) in [5.41, 5.74) is -1.18. The highest BCUT2D eigenvalue weighted by atomic mass is 16.6. The maximum Gasteiger partial charge on any atom is 0.353 e. The van der Waals surface area contributed by atoms with Gasteiger partial charge < -0.3 is 4.74 Å². The third-order valence-corrected chi connectivity index (χ3v) is 2.82. The van der Waals surface area contributed by atoms with Crippen LogP contribution >= 0.6 is 0 Å². The molecule has 0 aromatic heterocycles. The van der Waals surface area contributed by atoms with E-state index in [1.807, 2.05) is 0 Å². The predicted octanol–water partition coefficient (Wildman–Crippen LogP) is 2.50. The summed E-state index contributed by atoms with van der Waals surface area (Å²) in [6, 6.07) is 9.40. The van der Waals surface area contributed by atoms with Crippen molar-refractivity contribution in [3.05, 3.63) is 79.9 Å². The Balaban J connectivity index is 2.18. The van der Waals surface area contributed by atoms with Crippen molar-refractivity contribution in [1.29, 1.82) is 0 Å². The number of ether oxygens (including phenoxy) is 1. The van der Waals surface area contributed by atoms with Crippen LogP contribution in [0.5, 0.6) is 0 Å². The summed E-state index contributed by atoms with van der Waals surface area (Å²) >= 11 is 0. The highest BCUT2D eigenvalue weighted by Gasteiger charge is 2.23. The molecule has 0 amide bonds. The van der Waals surface area contributed by atoms with Gasteiger partial charge in [0.1, 0.15) is 5.56 Å². The second-order valence-corrected chi connectivity index (χ2v) is 4.26. The summed E-state index contributed by atoms with van der Waals surface area (Å²) in [7, 11) is 0. The van der Waals surface area contributed by atoms with Crippen LogP contribution in [0.2, 0.25) is 0 Å². The van der Waals surface area contributed by atoms with Gasteiger partial charge in [0.05, 0.1) is 15.4 Å². The maximum absolute atomic E-state index is 11.9. The number of hydrogen-bond acceptors (Lipinski definition) is 7. The lowest BCUT2D eigenvalue weighted by Gasteiger charge is -2.03. The van der Waals surface area contributed by atoms with Crippen molar-refractivity contribution in [2.75, 3.05) is 0 Å². The fraction of sp³-hybridized carbons (Fsp3) is 0. The lowest BCUT2D eigenvalue weighted by molar-refractivity contribution is -0.385. The molecule has 9 nitrogen and oxygen atoms in total. The number of non-ortho nitro benzene ring substituents is 1. The zero-order valence-electron chi connectivity index (χ0n) is 11.4. The highest BCUT2D eigenvalue weighted by molar-refractivity contribution is 6.04. The average Bonchev–Trinajstić information content (AvgIpc) is 2.54. The van der Waals surface area contributed by atoms with Crippen molar-refractivity contribution < 1.29 is 24.2 Å². The molecule has 0 aliphatic rings. The van der Waals surface area contributed by atoms with Gasteiger partial charge in [-0.3, -0.25) is 20.2 Å². The van der Waals surface area contributed by atoms with Crippen LogP contribution in [0, 0.1) is 20.2 Å². The normalized spacial score (nSPS) is 9.91. The molecule has 0 bridgehead atoms. The Morgan fingerprint density at radius 2 is 1.43 bits per heavy atom. The summed E-state index contributed by atoms with van der Waals surface area (Å²) in [4.78, 5) is 43.6. The van der Waals surface area contributed by atoms with Crippen LogP contribution in [0.25, 0.3) is 0 Å². The van der Waals surface area contributed by atoms with Crippen LogP contribution in [0.15, 0.2) is 48.5 Å². The third-order valence-electron chi connectivity index (χ3n) is 2.82. The van der Waals surface area contributed by atoms with Gasteiger partial charge in [-0.25, -0.2) is 9.59 Å². The Bertz CT molecular complexity index is 799. The summed E-state index contributed by atoms with van der Waals surface area (Å²) in [6.45, 7) is 0. The molecule has 0 radical (unpaired) electrons. The van der Waals surface area contributed by atoms with Gasteiger partial charge in [0, 0.05) is 18.2 Å². The van der Waals surface area contributed by atoms with Gasteiger partial charge in [-0.2, -0.15) is 0 Å². The van der Waals surface area contributed by atoms with Gasteiger partial charge in [0.15, 0.2) is 0 Å². The molecule has 2 aromatic rings. The second kappa shape index (κ2) is 6.43. The molecule has 0 unspecified atom stereocenters. The van der Waals surface area contributed by atoms with Crippen molar-refractivity contribution >= 4 is 23.3 Å². The SMILES string of the molecule is O=C(OC(=O)c1ccccc1[N+](=O)[O-])c1ccc([N+](=O)[O-])cc1. The Hall–Kier alpha value is -3.62. The molecular formula is C14H8N2O7. The number of carbonyl (C=O) groups excluding carboxylic acids is 2. The highest BCUT2D eigenvalue weighted by Crippen LogP contribution is 2.19. The third kappa shape index (κ3) is 3.53. The first kappa shape index (κ1) is 15.8. The number of carbonyl (C=O) groups is 2. The minimum Gasteiger partial charge on any atom is -0.386 e. The van der Waals surface area contributed by atoms with E-state index in [9.17, 15) is 29.8 Å². The van der Waals surface area contributed by atoms with Gasteiger partial charge in [0.2, 0.25) is 0 Å². The molecule has 0 aliphatic heterocycles. The number of benzene rings is 2. The molecule has 0 atom stereocenters. The zero-order chi connectivity index (χ0) is 17.0. The van der Waals surface area contributed by atoms with Gasteiger partial charge in [-0.1, -0.05) is 12.1 Å². The number of nitro groups is 2. The molecule has 116 valence electrons. The van der Waals surface area contributed by atoms with E-state index in [0.29, 0.717) is 0 Å². The molecule has 0 heterocycles. The van der Waals surface area contributed by atoms with E-state index >= 15 is 0 Å². The molecular weight excluding hydrogens is 308 g/mol. The first-order chi connectivity index (χ1) is 10.9. The van der Waals surface area contributed by atoms with Crippen LogP contribution in [0.3, 0.4) is 0 Å². The number of esters is 2. The first-order valence-electron chi connectivity index (χ1n) is 6.14. The first-order valence-corrected chi connectivity index (χ1v) is 6.14. The summed E-state index contributed by atoms with van der Waals surface area (Å²) in [5.74, 6) is -2.25. The molecule has 2 aromatic carbocycles. The number of nitrogens with zero attached hydrogens (tertiary/aromatic N) is 2. The molecule has 2 rings (SSSR count). The molecule has 0 fully saturated rings. The largest absolute Gasteiger partial charge is 0.386 e. The summed E-state index contributed by atoms with van der Waals surface area (Å²) in [6.07, 6.45) is 0. The van der Waals surface area contributed by atoms with Crippen molar-refractivity contribution in [2.24, 2.45) is 0 Å². The molecule has 0 N–H and O–H groups in total. The van der Waals surface area contributed by atoms with Crippen LogP contribution < -0.4 is 0 Å². The van der Waals surface area contributed by atoms with Crippen molar-refractivity contribution in [3.63, 3.8) is 0 Å². The smallest absolute Gasteiger partial charge is 0.353 e. The summed E-state index contributed by atoms with van der Waals surface area (Å²) < 4.78 is 4.56. The molecule has 23 heavy (non-hydrogen) atoms. The molecule has 9 heteroatoms. The number of para-hydroxylation sites is 1. The Morgan fingerprint density at radius 1 is 0.826 bits per heavy atom. The monoisotopic (exact) mass is 316 g/mol. The topological polar surface area (TPSA) is 130 Å². The fourth-order valence-corrected chi connectivity index (χ4v) is 1.72. The van der Waals surface area contributed by atoms with E-state index in [-0.39, 0.29) is 16.8 Å². The molecule has 0 saturated heterocycles. The Kier molecular flexibility index (Phi) is 4.41. The molecule has 0 aliphatic carbocycles. The minimum atomic E-state index is -1.18. The average molecular weight is 316 g/mol. The second-order valence-electron chi connectivity index (χ2n) is 4.26. The van der Waals surface area contributed by atoms with E-state index in [2.05, 4.69) is 4.74 Å². The van der Waals surface area contributed by atoms with Crippen LogP contribution in [0.4, 0.5) is 11.4 Å². The van der Waals surface area contributed by atoms with Crippen LogP contribution in [-0.4, -0.2) is 21.8 Å². The van der Waals surface area contributed by atoms with Gasteiger partial charge in [-0.15, -0.1) is 0 Å². The van der Waals surface area contributed by atoms with Crippen molar-refractivity contribution in [2.45, 2.75) is 0 Å². The van der Waals surface area contributed by atoms with Crippen molar-refractivity contribution in [1.82, 2.24) is 0 Å². The zero-order valence-corrected chi connectivity index (χ0v) is 11.4. The number of hydrogen-bond donors (Lipinski definition) is 0. The lowest BCUT2D eigenvalue weighted by Crippen LogP contribution is -2.14. The van der Waals surface area contributed by atoms with E-state index < -0.39 is 27.5 Å². The predicted molar refractivity (Wildman–Crippen MR) is 75.9 cm³/mol. The minimum absolute atomic E-state index is 0.0949. The Labute approximate surface area is 128 Å². The quantitative estimate of drug-likeness (QED) is 0.366. The molecule has 0 saturated carbocycles. The lowest BCUT2D eigenvalue weighted by atomic mass is 10.2. The van der Waals surface area contributed by atoms with Gasteiger partial charge in [0.25, 0.3) is 11.4 Å². The Morgan fingerprint density at radius 3 is 2.00 bits per heavy atom. The van der Waals surface area contributed by atoms with E-state index in [1.165, 1.54) is 12.1 Å². The summed E-state index contributed by atoms with van der Waals surface area (Å²) in [5, 5.41) is 21.3.